The molecule has 2 heteroatoms. The van der Waals surface area contributed by atoms with Crippen molar-refractivity contribution < 1.29 is 9.84 Å². The zero-order valence-electron chi connectivity index (χ0n) is 6.18. The minimum atomic E-state index is -0.514. The Labute approximate surface area is 61.5 Å². The maximum atomic E-state index is 9.72. The van der Waals surface area contributed by atoms with Crippen LogP contribution in [-0.2, 0) is 4.74 Å². The van der Waals surface area contributed by atoms with Gasteiger partial charge in [0, 0.05) is 13.2 Å². The summed E-state index contributed by atoms with van der Waals surface area (Å²) in [5, 5.41) is 9.72. The summed E-state index contributed by atoms with van der Waals surface area (Å²) in [5.74, 6) is 0. The molecule has 1 aliphatic rings. The number of aliphatic hydroxyl groups is 1. The minimum absolute atomic E-state index is 0.514. The van der Waals surface area contributed by atoms with Crippen LogP contribution in [0, 0.1) is 0 Å². The summed E-state index contributed by atoms with van der Waals surface area (Å²) in [7, 11) is 0. The molecule has 0 amide bonds. The van der Waals surface area contributed by atoms with Crippen LogP contribution in [0.15, 0.2) is 12.7 Å². The van der Waals surface area contributed by atoms with Crippen LogP contribution in [-0.4, -0.2) is 23.9 Å². The van der Waals surface area contributed by atoms with E-state index in [9.17, 15) is 5.11 Å². The van der Waals surface area contributed by atoms with Crippen molar-refractivity contribution in [2.24, 2.45) is 0 Å². The van der Waals surface area contributed by atoms with E-state index in [1.807, 2.05) is 0 Å². The van der Waals surface area contributed by atoms with Crippen molar-refractivity contribution in [2.45, 2.75) is 24.9 Å². The number of ether oxygens (including phenoxy) is 1. The zero-order valence-corrected chi connectivity index (χ0v) is 6.18. The lowest BCUT2D eigenvalue weighted by molar-refractivity contribution is -0.0609. The van der Waals surface area contributed by atoms with E-state index in [0.29, 0.717) is 19.6 Å². The average molecular weight is 142 g/mol. The predicted octanol–water partition coefficient (Wildman–Crippen LogP) is 1.10. The largest absolute Gasteiger partial charge is 0.389 e. The first-order valence-corrected chi connectivity index (χ1v) is 3.68. The Morgan fingerprint density at radius 2 is 2.10 bits per heavy atom. The van der Waals surface area contributed by atoms with Gasteiger partial charge in [0.05, 0.1) is 5.60 Å². The lowest BCUT2D eigenvalue weighted by Gasteiger charge is -2.30. The van der Waals surface area contributed by atoms with Gasteiger partial charge in [-0.25, -0.2) is 0 Å². The molecule has 1 rings (SSSR count). The molecule has 0 aromatic carbocycles. The van der Waals surface area contributed by atoms with Crippen molar-refractivity contribution in [3.63, 3.8) is 0 Å². The number of rotatable bonds is 2. The highest BCUT2D eigenvalue weighted by molar-refractivity contribution is 4.87. The van der Waals surface area contributed by atoms with Gasteiger partial charge in [-0.15, -0.1) is 6.58 Å². The van der Waals surface area contributed by atoms with E-state index in [4.69, 9.17) is 4.74 Å². The van der Waals surface area contributed by atoms with Gasteiger partial charge >= 0.3 is 0 Å². The Hall–Kier alpha value is -0.340. The van der Waals surface area contributed by atoms with Gasteiger partial charge in [-0.1, -0.05) is 6.08 Å². The zero-order chi connectivity index (χ0) is 7.45. The summed E-state index contributed by atoms with van der Waals surface area (Å²) in [6.45, 7) is 4.97. The molecule has 10 heavy (non-hydrogen) atoms. The van der Waals surface area contributed by atoms with Gasteiger partial charge in [0.2, 0.25) is 0 Å². The Morgan fingerprint density at radius 1 is 1.50 bits per heavy atom. The molecular formula is C8H14O2. The average Bonchev–Trinajstić information content (AvgIpc) is 1.89. The molecule has 1 saturated heterocycles. The molecule has 1 heterocycles. The third-order valence-electron chi connectivity index (χ3n) is 1.95. The maximum absolute atomic E-state index is 9.72. The number of hydrogen-bond donors (Lipinski definition) is 1. The topological polar surface area (TPSA) is 29.5 Å². The van der Waals surface area contributed by atoms with Crippen molar-refractivity contribution in [3.05, 3.63) is 12.7 Å². The summed E-state index contributed by atoms with van der Waals surface area (Å²) in [6.07, 6.45) is 3.96. The minimum Gasteiger partial charge on any atom is -0.389 e. The molecule has 58 valence electrons. The maximum Gasteiger partial charge on any atom is 0.0725 e. The second kappa shape index (κ2) is 3.17. The number of hydrogen-bond acceptors (Lipinski definition) is 2. The van der Waals surface area contributed by atoms with Crippen LogP contribution in [0.1, 0.15) is 19.3 Å². The van der Waals surface area contributed by atoms with E-state index in [-0.39, 0.29) is 0 Å². The molecule has 2 nitrogen and oxygen atoms in total. The molecule has 0 aromatic rings. The van der Waals surface area contributed by atoms with Crippen LogP contribution in [0.25, 0.3) is 0 Å². The summed E-state index contributed by atoms with van der Waals surface area (Å²) >= 11 is 0. The SMILES string of the molecule is C=CCC1(O)CCOCC1. The highest BCUT2D eigenvalue weighted by atomic mass is 16.5. The van der Waals surface area contributed by atoms with Gasteiger partial charge in [0.25, 0.3) is 0 Å². The smallest absolute Gasteiger partial charge is 0.0725 e. The molecule has 0 aliphatic carbocycles. The van der Waals surface area contributed by atoms with E-state index in [2.05, 4.69) is 6.58 Å². The van der Waals surface area contributed by atoms with E-state index in [1.165, 1.54) is 0 Å². The highest BCUT2D eigenvalue weighted by Crippen LogP contribution is 2.23. The third kappa shape index (κ3) is 1.82. The molecule has 1 N–H and O–H groups in total. The fourth-order valence-electron chi connectivity index (χ4n) is 1.22. The standard InChI is InChI=1S/C8H14O2/c1-2-3-8(9)4-6-10-7-5-8/h2,9H,1,3-7H2. The van der Waals surface area contributed by atoms with Gasteiger partial charge < -0.3 is 9.84 Å². The van der Waals surface area contributed by atoms with Crippen LogP contribution in [0.2, 0.25) is 0 Å². The molecule has 1 aliphatic heterocycles. The second-order valence-electron chi connectivity index (χ2n) is 2.83. The van der Waals surface area contributed by atoms with Crippen LogP contribution < -0.4 is 0 Å². The Kier molecular flexibility index (Phi) is 2.46. The van der Waals surface area contributed by atoms with Crippen LogP contribution in [0.3, 0.4) is 0 Å². The Balaban J connectivity index is 2.39. The molecule has 0 atom stereocenters. The second-order valence-corrected chi connectivity index (χ2v) is 2.83. The Bertz CT molecular complexity index is 114. The molecule has 0 aromatic heterocycles. The van der Waals surface area contributed by atoms with Gasteiger partial charge in [-0.3, -0.25) is 0 Å². The lowest BCUT2D eigenvalue weighted by Crippen LogP contribution is -2.35. The fraction of sp³-hybridized carbons (Fsp3) is 0.750. The summed E-state index contributed by atoms with van der Waals surface area (Å²) < 4.78 is 5.12. The van der Waals surface area contributed by atoms with Crippen molar-refractivity contribution >= 4 is 0 Å². The van der Waals surface area contributed by atoms with Crippen LogP contribution >= 0.6 is 0 Å². The molecule has 0 unspecified atom stereocenters. The first-order valence-electron chi connectivity index (χ1n) is 3.68. The van der Waals surface area contributed by atoms with Crippen molar-refractivity contribution in [1.82, 2.24) is 0 Å². The first-order chi connectivity index (χ1) is 4.77. The van der Waals surface area contributed by atoms with E-state index in [1.54, 1.807) is 6.08 Å². The van der Waals surface area contributed by atoms with Gasteiger partial charge in [-0.2, -0.15) is 0 Å². The van der Waals surface area contributed by atoms with Crippen LogP contribution in [0.5, 0.6) is 0 Å². The van der Waals surface area contributed by atoms with E-state index in [0.717, 1.165) is 12.8 Å². The normalized spacial score (nSPS) is 24.1. The lowest BCUT2D eigenvalue weighted by atomic mass is 9.91. The van der Waals surface area contributed by atoms with Gasteiger partial charge in [-0.05, 0) is 19.3 Å². The molecule has 0 bridgehead atoms. The summed E-state index contributed by atoms with van der Waals surface area (Å²) in [6, 6.07) is 0. The fourth-order valence-corrected chi connectivity index (χ4v) is 1.22. The molecule has 1 fully saturated rings. The van der Waals surface area contributed by atoms with E-state index >= 15 is 0 Å². The monoisotopic (exact) mass is 142 g/mol. The highest BCUT2D eigenvalue weighted by Gasteiger charge is 2.27. The third-order valence-corrected chi connectivity index (χ3v) is 1.95. The van der Waals surface area contributed by atoms with Gasteiger partial charge in [0.15, 0.2) is 0 Å². The van der Waals surface area contributed by atoms with Gasteiger partial charge in [0.1, 0.15) is 0 Å². The van der Waals surface area contributed by atoms with Crippen molar-refractivity contribution in [3.8, 4) is 0 Å². The molecule has 0 saturated carbocycles. The predicted molar refractivity (Wildman–Crippen MR) is 39.8 cm³/mol. The summed E-state index contributed by atoms with van der Waals surface area (Å²) in [4.78, 5) is 0. The first kappa shape index (κ1) is 7.76. The Morgan fingerprint density at radius 3 is 2.60 bits per heavy atom. The van der Waals surface area contributed by atoms with Crippen molar-refractivity contribution in [1.29, 1.82) is 0 Å². The van der Waals surface area contributed by atoms with Crippen molar-refractivity contribution in [2.75, 3.05) is 13.2 Å². The molecule has 0 spiro atoms. The summed E-state index contributed by atoms with van der Waals surface area (Å²) in [5.41, 5.74) is -0.514. The quantitative estimate of drug-likeness (QED) is 0.585. The van der Waals surface area contributed by atoms with E-state index < -0.39 is 5.60 Å². The van der Waals surface area contributed by atoms with Crippen LogP contribution in [0.4, 0.5) is 0 Å². The molecular weight excluding hydrogens is 128 g/mol. The molecule has 0 radical (unpaired) electrons.